The van der Waals surface area contributed by atoms with E-state index >= 15 is 0 Å². The van der Waals surface area contributed by atoms with Crippen LogP contribution >= 0.6 is 0 Å². The van der Waals surface area contributed by atoms with E-state index in [9.17, 15) is 18.0 Å². The Morgan fingerprint density at radius 3 is 2.12 bits per heavy atom. The number of carbonyl (C=O) groups is 1. The van der Waals surface area contributed by atoms with Crippen molar-refractivity contribution in [3.05, 3.63) is 65.2 Å². The highest BCUT2D eigenvalue weighted by Crippen LogP contribution is 2.16. The highest BCUT2D eigenvalue weighted by atomic mass is 19.4. The summed E-state index contributed by atoms with van der Waals surface area (Å²) in [6.45, 7) is -1.05. The second-order valence-corrected chi connectivity index (χ2v) is 6.05. The molecule has 0 aromatic heterocycles. The third kappa shape index (κ3) is 6.40. The summed E-state index contributed by atoms with van der Waals surface area (Å²) in [4.78, 5) is 14.1. The summed E-state index contributed by atoms with van der Waals surface area (Å²) in [6.07, 6.45) is -4.34. The summed E-state index contributed by atoms with van der Waals surface area (Å²) in [5.74, 6) is -0.246. The van der Waals surface area contributed by atoms with Crippen molar-refractivity contribution in [2.24, 2.45) is 0 Å². The van der Waals surface area contributed by atoms with Crippen LogP contribution in [0.4, 0.5) is 18.9 Å². The molecule has 0 heterocycles. The molecule has 4 nitrogen and oxygen atoms in total. The number of nitrogens with zero attached hydrogens (tertiary/aromatic N) is 1. The Labute approximate surface area is 150 Å². The molecule has 2 rings (SSSR count). The molecule has 0 spiro atoms. The molecule has 140 valence electrons. The number of anilines is 1. The van der Waals surface area contributed by atoms with Crippen molar-refractivity contribution in [2.75, 3.05) is 25.6 Å². The molecule has 0 aliphatic rings. The number of ether oxygens (including phenoxy) is 1. The fraction of sp³-hybridized carbons (Fsp3) is 0.316. The molecule has 0 aliphatic heterocycles. The SMILES string of the molecule is CN(C)c1ccc(CNC(=O)c2ccc(COCC(F)(F)F)cc2)cc1. The second kappa shape index (κ2) is 8.71. The van der Waals surface area contributed by atoms with Gasteiger partial charge in [0.05, 0.1) is 6.61 Å². The van der Waals surface area contributed by atoms with Gasteiger partial charge in [-0.3, -0.25) is 4.79 Å². The summed E-state index contributed by atoms with van der Waals surface area (Å²) in [7, 11) is 3.91. The Bertz CT molecular complexity index is 711. The Hall–Kier alpha value is -2.54. The van der Waals surface area contributed by atoms with Gasteiger partial charge in [-0.1, -0.05) is 24.3 Å². The molecule has 0 aliphatic carbocycles. The van der Waals surface area contributed by atoms with Crippen molar-refractivity contribution in [1.29, 1.82) is 0 Å². The Balaban J connectivity index is 1.83. The van der Waals surface area contributed by atoms with Crippen molar-refractivity contribution in [1.82, 2.24) is 5.32 Å². The lowest BCUT2D eigenvalue weighted by Crippen LogP contribution is -2.22. The van der Waals surface area contributed by atoms with Crippen LogP contribution in [0.1, 0.15) is 21.5 Å². The standard InChI is InChI=1S/C19H21F3N2O2/c1-24(2)17-9-5-14(6-10-17)11-23-18(25)16-7-3-15(4-8-16)12-26-13-19(20,21)22/h3-10H,11-13H2,1-2H3,(H,23,25). The monoisotopic (exact) mass is 366 g/mol. The summed E-state index contributed by atoms with van der Waals surface area (Å²) < 4.78 is 40.7. The van der Waals surface area contributed by atoms with Gasteiger partial charge in [0.25, 0.3) is 5.91 Å². The smallest absolute Gasteiger partial charge is 0.378 e. The number of alkyl halides is 3. The summed E-state index contributed by atoms with van der Waals surface area (Å²) in [5, 5.41) is 2.81. The zero-order valence-corrected chi connectivity index (χ0v) is 14.6. The van der Waals surface area contributed by atoms with Crippen LogP contribution in [0, 0.1) is 0 Å². The minimum absolute atomic E-state index is 0.153. The van der Waals surface area contributed by atoms with Crippen molar-refractivity contribution in [3.63, 3.8) is 0 Å². The van der Waals surface area contributed by atoms with E-state index in [0.717, 1.165) is 11.3 Å². The first kappa shape index (κ1) is 19.8. The Morgan fingerprint density at radius 2 is 1.58 bits per heavy atom. The molecule has 0 saturated heterocycles. The van der Waals surface area contributed by atoms with Crippen LogP contribution in [0.15, 0.2) is 48.5 Å². The number of nitrogens with one attached hydrogen (secondary N) is 1. The predicted molar refractivity (Wildman–Crippen MR) is 94.1 cm³/mol. The van der Waals surface area contributed by atoms with E-state index in [-0.39, 0.29) is 12.5 Å². The number of halogens is 3. The largest absolute Gasteiger partial charge is 0.411 e. The number of rotatable bonds is 7. The molecule has 0 unspecified atom stereocenters. The normalized spacial score (nSPS) is 11.3. The van der Waals surface area contributed by atoms with Crippen LogP contribution in [-0.2, 0) is 17.9 Å². The van der Waals surface area contributed by atoms with Gasteiger partial charge < -0.3 is 15.0 Å². The molecule has 0 fully saturated rings. The van der Waals surface area contributed by atoms with Crippen LogP contribution in [0.3, 0.4) is 0 Å². The van der Waals surface area contributed by atoms with E-state index < -0.39 is 12.8 Å². The van der Waals surface area contributed by atoms with Gasteiger partial charge in [-0.25, -0.2) is 0 Å². The van der Waals surface area contributed by atoms with Crippen LogP contribution in [-0.4, -0.2) is 32.8 Å². The number of benzene rings is 2. The summed E-state index contributed by atoms with van der Waals surface area (Å²) in [5.41, 5.74) is 3.06. The van der Waals surface area contributed by atoms with Crippen LogP contribution < -0.4 is 10.2 Å². The van der Waals surface area contributed by atoms with Gasteiger partial charge in [0.15, 0.2) is 0 Å². The predicted octanol–water partition coefficient (Wildman–Crippen LogP) is 3.76. The summed E-state index contributed by atoms with van der Waals surface area (Å²) in [6, 6.07) is 14.1. The molecular weight excluding hydrogens is 345 g/mol. The molecule has 1 amide bonds. The van der Waals surface area contributed by atoms with E-state index in [1.807, 2.05) is 43.3 Å². The quantitative estimate of drug-likeness (QED) is 0.811. The molecule has 7 heteroatoms. The van der Waals surface area contributed by atoms with Gasteiger partial charge in [0, 0.05) is 31.9 Å². The van der Waals surface area contributed by atoms with E-state index in [4.69, 9.17) is 0 Å². The molecule has 2 aromatic carbocycles. The maximum atomic E-state index is 12.2. The Morgan fingerprint density at radius 1 is 1.00 bits per heavy atom. The van der Waals surface area contributed by atoms with Gasteiger partial charge in [0.2, 0.25) is 0 Å². The third-order valence-corrected chi connectivity index (χ3v) is 3.66. The van der Waals surface area contributed by atoms with Crippen molar-refractivity contribution >= 4 is 11.6 Å². The molecule has 26 heavy (non-hydrogen) atoms. The molecule has 0 atom stereocenters. The zero-order valence-electron chi connectivity index (χ0n) is 14.6. The number of carbonyl (C=O) groups excluding carboxylic acids is 1. The molecular formula is C19H21F3N2O2. The number of amides is 1. The average molecular weight is 366 g/mol. The third-order valence-electron chi connectivity index (χ3n) is 3.66. The molecule has 2 aromatic rings. The molecule has 1 N–H and O–H groups in total. The van der Waals surface area contributed by atoms with Gasteiger partial charge in [-0.05, 0) is 35.4 Å². The van der Waals surface area contributed by atoms with E-state index in [0.29, 0.717) is 17.7 Å². The van der Waals surface area contributed by atoms with E-state index in [1.54, 1.807) is 24.3 Å². The van der Waals surface area contributed by atoms with Crippen molar-refractivity contribution in [2.45, 2.75) is 19.3 Å². The number of hydrogen-bond acceptors (Lipinski definition) is 3. The minimum atomic E-state index is -4.34. The highest BCUT2D eigenvalue weighted by molar-refractivity contribution is 5.94. The van der Waals surface area contributed by atoms with E-state index in [1.165, 1.54) is 0 Å². The average Bonchev–Trinajstić information content (AvgIpc) is 2.59. The maximum Gasteiger partial charge on any atom is 0.411 e. The zero-order chi connectivity index (χ0) is 19.2. The lowest BCUT2D eigenvalue weighted by atomic mass is 10.1. The lowest BCUT2D eigenvalue weighted by molar-refractivity contribution is -0.176. The maximum absolute atomic E-state index is 12.2. The molecule has 0 saturated carbocycles. The molecule has 0 bridgehead atoms. The van der Waals surface area contributed by atoms with Gasteiger partial charge in [-0.15, -0.1) is 0 Å². The number of hydrogen-bond donors (Lipinski definition) is 1. The van der Waals surface area contributed by atoms with Gasteiger partial charge in [-0.2, -0.15) is 13.2 Å². The minimum Gasteiger partial charge on any atom is -0.378 e. The van der Waals surface area contributed by atoms with Crippen molar-refractivity contribution in [3.8, 4) is 0 Å². The highest BCUT2D eigenvalue weighted by Gasteiger charge is 2.27. The first-order valence-corrected chi connectivity index (χ1v) is 8.02. The van der Waals surface area contributed by atoms with E-state index in [2.05, 4.69) is 10.1 Å². The van der Waals surface area contributed by atoms with Gasteiger partial charge in [0.1, 0.15) is 6.61 Å². The van der Waals surface area contributed by atoms with Crippen LogP contribution in [0.25, 0.3) is 0 Å². The fourth-order valence-electron chi connectivity index (χ4n) is 2.23. The van der Waals surface area contributed by atoms with Crippen molar-refractivity contribution < 1.29 is 22.7 Å². The second-order valence-electron chi connectivity index (χ2n) is 6.05. The van der Waals surface area contributed by atoms with Crippen LogP contribution in [0.5, 0.6) is 0 Å². The summed E-state index contributed by atoms with van der Waals surface area (Å²) >= 11 is 0. The molecule has 0 radical (unpaired) electrons. The first-order valence-electron chi connectivity index (χ1n) is 8.02. The Kier molecular flexibility index (Phi) is 6.63. The first-order chi connectivity index (χ1) is 12.2. The topological polar surface area (TPSA) is 41.6 Å². The van der Waals surface area contributed by atoms with Gasteiger partial charge >= 0.3 is 6.18 Å². The van der Waals surface area contributed by atoms with Crippen LogP contribution in [0.2, 0.25) is 0 Å². The lowest BCUT2D eigenvalue weighted by Gasteiger charge is -2.13. The fourth-order valence-corrected chi connectivity index (χ4v) is 2.23.